The molecule has 1 fully saturated rings. The van der Waals surface area contributed by atoms with Gasteiger partial charge in [-0.05, 0) is 60.5 Å². The third-order valence-corrected chi connectivity index (χ3v) is 5.03. The van der Waals surface area contributed by atoms with Crippen molar-refractivity contribution in [2.24, 2.45) is 0 Å². The van der Waals surface area contributed by atoms with Crippen LogP contribution in [0.4, 0.5) is 8.78 Å². The lowest BCUT2D eigenvalue weighted by atomic mass is 9.99. The zero-order chi connectivity index (χ0) is 17.8. The summed E-state index contributed by atoms with van der Waals surface area (Å²) in [5.41, 5.74) is 4.21. The summed E-state index contributed by atoms with van der Waals surface area (Å²) in [7, 11) is 4.28. The van der Waals surface area contributed by atoms with Gasteiger partial charge in [0.25, 0.3) is 0 Å². The van der Waals surface area contributed by atoms with Crippen LogP contribution >= 0.6 is 0 Å². The van der Waals surface area contributed by atoms with Crippen molar-refractivity contribution in [1.82, 2.24) is 9.80 Å². The minimum atomic E-state index is -0.569. The molecular weight excluding hydrogens is 318 g/mol. The number of alkyl halides is 2. The predicted octanol–water partition coefficient (Wildman–Crippen LogP) is 4.43. The Kier molecular flexibility index (Phi) is 5.82. The summed E-state index contributed by atoms with van der Waals surface area (Å²) in [4.78, 5) is 4.77. The van der Waals surface area contributed by atoms with Crippen molar-refractivity contribution in [2.45, 2.75) is 32.4 Å². The summed E-state index contributed by atoms with van der Waals surface area (Å²) in [6, 6.07) is 14.2. The SMILES string of the molecule is CN(C)C1CCN(Cc2ccc(-c3cc(CF)cc(CF)c3)cc2)C1. The molecule has 3 rings (SSSR count). The maximum Gasteiger partial charge on any atom is 0.115 e. The molecule has 1 unspecified atom stereocenters. The van der Waals surface area contributed by atoms with Crippen molar-refractivity contribution in [3.05, 3.63) is 59.2 Å². The van der Waals surface area contributed by atoms with Crippen LogP contribution in [-0.4, -0.2) is 43.0 Å². The first kappa shape index (κ1) is 18.0. The quantitative estimate of drug-likeness (QED) is 0.765. The number of likely N-dealkylation sites (N-methyl/N-ethyl adjacent to an activating group) is 1. The molecule has 2 aromatic rings. The molecule has 2 aromatic carbocycles. The molecule has 0 radical (unpaired) electrons. The highest BCUT2D eigenvalue weighted by Crippen LogP contribution is 2.25. The first-order valence-electron chi connectivity index (χ1n) is 8.82. The second-order valence-corrected chi connectivity index (χ2v) is 7.14. The van der Waals surface area contributed by atoms with Crippen LogP contribution < -0.4 is 0 Å². The molecule has 1 aliphatic rings. The summed E-state index contributed by atoms with van der Waals surface area (Å²) < 4.78 is 26.0. The Morgan fingerprint density at radius 2 is 1.56 bits per heavy atom. The molecule has 0 bridgehead atoms. The molecule has 1 heterocycles. The lowest BCUT2D eigenvalue weighted by Crippen LogP contribution is -2.31. The van der Waals surface area contributed by atoms with Crippen LogP contribution in [0.25, 0.3) is 11.1 Å². The van der Waals surface area contributed by atoms with Crippen molar-refractivity contribution in [3.63, 3.8) is 0 Å². The van der Waals surface area contributed by atoms with Gasteiger partial charge in [0.15, 0.2) is 0 Å². The Morgan fingerprint density at radius 1 is 0.920 bits per heavy atom. The van der Waals surface area contributed by atoms with Crippen molar-refractivity contribution in [1.29, 1.82) is 0 Å². The van der Waals surface area contributed by atoms with E-state index in [0.717, 1.165) is 30.8 Å². The van der Waals surface area contributed by atoms with Crippen molar-refractivity contribution >= 4 is 0 Å². The third kappa shape index (κ3) is 4.44. The fraction of sp³-hybridized carbons (Fsp3) is 0.429. The van der Waals surface area contributed by atoms with E-state index in [1.165, 1.54) is 12.0 Å². The van der Waals surface area contributed by atoms with Gasteiger partial charge in [-0.3, -0.25) is 4.90 Å². The fourth-order valence-electron chi connectivity index (χ4n) is 3.52. The van der Waals surface area contributed by atoms with E-state index < -0.39 is 13.3 Å². The summed E-state index contributed by atoms with van der Waals surface area (Å²) in [6.45, 7) is 2.04. The molecule has 1 aliphatic heterocycles. The molecule has 4 heteroatoms. The molecule has 2 nitrogen and oxygen atoms in total. The zero-order valence-corrected chi connectivity index (χ0v) is 15.0. The van der Waals surface area contributed by atoms with Gasteiger partial charge >= 0.3 is 0 Å². The first-order valence-corrected chi connectivity index (χ1v) is 8.82. The molecule has 25 heavy (non-hydrogen) atoms. The van der Waals surface area contributed by atoms with Crippen molar-refractivity contribution in [2.75, 3.05) is 27.2 Å². The van der Waals surface area contributed by atoms with Crippen LogP contribution in [0.1, 0.15) is 23.1 Å². The van der Waals surface area contributed by atoms with Crippen LogP contribution in [-0.2, 0) is 19.9 Å². The monoisotopic (exact) mass is 344 g/mol. The average Bonchev–Trinajstić information content (AvgIpc) is 3.10. The lowest BCUT2D eigenvalue weighted by molar-refractivity contribution is 0.264. The predicted molar refractivity (Wildman–Crippen MR) is 98.9 cm³/mol. The van der Waals surface area contributed by atoms with Gasteiger partial charge in [0.05, 0.1) is 0 Å². The van der Waals surface area contributed by atoms with Crippen LogP contribution in [0.3, 0.4) is 0 Å². The molecule has 1 atom stereocenters. The topological polar surface area (TPSA) is 6.48 Å². The van der Waals surface area contributed by atoms with Gasteiger partial charge in [0.1, 0.15) is 13.3 Å². The van der Waals surface area contributed by atoms with Crippen LogP contribution in [0.2, 0.25) is 0 Å². The van der Waals surface area contributed by atoms with Gasteiger partial charge < -0.3 is 4.90 Å². The van der Waals surface area contributed by atoms with E-state index in [1.807, 2.05) is 12.1 Å². The minimum absolute atomic E-state index is 0.529. The summed E-state index contributed by atoms with van der Waals surface area (Å²) in [5.74, 6) is 0. The van der Waals surface area contributed by atoms with Crippen LogP contribution in [0, 0.1) is 0 Å². The van der Waals surface area contributed by atoms with E-state index in [4.69, 9.17) is 0 Å². The molecule has 1 saturated heterocycles. The number of hydrogen-bond acceptors (Lipinski definition) is 2. The molecule has 134 valence electrons. The molecule has 0 amide bonds. The molecular formula is C21H26F2N2. The fourth-order valence-corrected chi connectivity index (χ4v) is 3.52. The van der Waals surface area contributed by atoms with E-state index in [9.17, 15) is 8.78 Å². The van der Waals surface area contributed by atoms with Crippen molar-refractivity contribution in [3.8, 4) is 11.1 Å². The lowest BCUT2D eigenvalue weighted by Gasteiger charge is -2.20. The van der Waals surface area contributed by atoms with Gasteiger partial charge in [0.2, 0.25) is 0 Å². The van der Waals surface area contributed by atoms with Gasteiger partial charge in [0, 0.05) is 25.7 Å². The Labute approximate surface area is 149 Å². The van der Waals surface area contributed by atoms with E-state index in [-0.39, 0.29) is 0 Å². The van der Waals surface area contributed by atoms with E-state index in [2.05, 4.69) is 36.0 Å². The van der Waals surface area contributed by atoms with E-state index in [0.29, 0.717) is 17.2 Å². The van der Waals surface area contributed by atoms with E-state index >= 15 is 0 Å². The average molecular weight is 344 g/mol. The number of benzene rings is 2. The molecule has 0 aliphatic carbocycles. The van der Waals surface area contributed by atoms with Gasteiger partial charge in [-0.1, -0.05) is 30.3 Å². The smallest absolute Gasteiger partial charge is 0.115 e. The van der Waals surface area contributed by atoms with Gasteiger partial charge in [-0.15, -0.1) is 0 Å². The Bertz CT molecular complexity index is 675. The minimum Gasteiger partial charge on any atom is -0.305 e. The highest BCUT2D eigenvalue weighted by atomic mass is 19.1. The highest BCUT2D eigenvalue weighted by molar-refractivity contribution is 5.65. The largest absolute Gasteiger partial charge is 0.305 e. The zero-order valence-electron chi connectivity index (χ0n) is 15.0. The highest BCUT2D eigenvalue weighted by Gasteiger charge is 2.23. The summed E-state index contributed by atoms with van der Waals surface area (Å²) in [6.07, 6.45) is 1.22. The molecule has 0 spiro atoms. The Hall–Kier alpha value is -1.78. The summed E-state index contributed by atoms with van der Waals surface area (Å²) in [5, 5.41) is 0. The maximum atomic E-state index is 13.0. The number of hydrogen-bond donors (Lipinski definition) is 0. The van der Waals surface area contributed by atoms with Crippen LogP contribution in [0.5, 0.6) is 0 Å². The number of nitrogens with zero attached hydrogens (tertiary/aromatic N) is 2. The maximum absolute atomic E-state index is 13.0. The molecule has 0 aromatic heterocycles. The van der Waals surface area contributed by atoms with Gasteiger partial charge in [-0.25, -0.2) is 8.78 Å². The number of rotatable bonds is 6. The Morgan fingerprint density at radius 3 is 2.08 bits per heavy atom. The molecule has 0 N–H and O–H groups in total. The van der Waals surface area contributed by atoms with Gasteiger partial charge in [-0.2, -0.15) is 0 Å². The van der Waals surface area contributed by atoms with Crippen molar-refractivity contribution < 1.29 is 8.78 Å². The third-order valence-electron chi connectivity index (χ3n) is 5.03. The second-order valence-electron chi connectivity index (χ2n) is 7.14. The normalized spacial score (nSPS) is 18.2. The first-order chi connectivity index (χ1) is 12.1. The summed E-state index contributed by atoms with van der Waals surface area (Å²) >= 11 is 0. The second kappa shape index (κ2) is 8.07. The van der Waals surface area contributed by atoms with E-state index in [1.54, 1.807) is 18.2 Å². The molecule has 0 saturated carbocycles. The standard InChI is InChI=1S/C21H26F2N2/c1-24(2)21-7-8-25(15-21)14-16-3-5-19(6-4-16)20-10-17(12-22)9-18(11-20)13-23/h3-6,9-11,21H,7-8,12-15H2,1-2H3. The Balaban J connectivity index is 1.70. The number of halogens is 2. The van der Waals surface area contributed by atoms with Crippen LogP contribution in [0.15, 0.2) is 42.5 Å². The number of likely N-dealkylation sites (tertiary alicyclic amines) is 1.